The van der Waals surface area contributed by atoms with Gasteiger partial charge < -0.3 is 5.11 Å². The maximum absolute atomic E-state index is 10.3. The van der Waals surface area contributed by atoms with E-state index in [4.69, 9.17) is 17.8 Å². The molecule has 4 atom stereocenters. The van der Waals surface area contributed by atoms with Gasteiger partial charge in [-0.2, -0.15) is 0 Å². The fraction of sp³-hybridized carbons (Fsp3) is 1.00. The van der Waals surface area contributed by atoms with Crippen LogP contribution in [0.25, 0.3) is 0 Å². The van der Waals surface area contributed by atoms with Crippen LogP contribution in [-0.2, 0) is 9.09 Å². The van der Waals surface area contributed by atoms with E-state index in [0.717, 1.165) is 12.8 Å². The van der Waals surface area contributed by atoms with Crippen LogP contribution in [0.5, 0.6) is 0 Å². The third-order valence-corrected chi connectivity index (χ3v) is 2.88. The molecule has 1 aliphatic rings. The number of hydrogen-bond acceptors (Lipinski definition) is 3. The summed E-state index contributed by atoms with van der Waals surface area (Å²) >= 11 is 0. The fourth-order valence-electron chi connectivity index (χ4n) is 1.85. The number of rotatable bonds is 4. The van der Waals surface area contributed by atoms with Crippen LogP contribution in [0, 0.1) is 11.8 Å². The standard InChI is InChI=1S/C7H12BO4P/c8-7-1-5(3-9)6(2-7)4-12-13(10)11/h5-7,9H,1-4H2/p+1. The van der Waals surface area contributed by atoms with Crippen LogP contribution in [-0.4, -0.2) is 31.1 Å². The van der Waals surface area contributed by atoms with Gasteiger partial charge in [0, 0.05) is 11.2 Å². The molecule has 0 aromatic rings. The van der Waals surface area contributed by atoms with E-state index in [9.17, 15) is 4.57 Å². The average molecular weight is 203 g/mol. The number of hydrogen-bond donors (Lipinski definition) is 2. The maximum Gasteiger partial charge on any atom is 0.694 e. The first-order valence-corrected chi connectivity index (χ1v) is 5.42. The smallest absolute Gasteiger partial charge is 0.396 e. The van der Waals surface area contributed by atoms with E-state index in [1.807, 2.05) is 0 Å². The van der Waals surface area contributed by atoms with Gasteiger partial charge in [0.25, 0.3) is 0 Å². The molecule has 6 heteroatoms. The zero-order valence-electron chi connectivity index (χ0n) is 7.30. The summed E-state index contributed by atoms with van der Waals surface area (Å²) in [6, 6.07) is 0. The molecule has 2 N–H and O–H groups in total. The van der Waals surface area contributed by atoms with Crippen molar-refractivity contribution in [2.45, 2.75) is 18.7 Å². The molecule has 0 amide bonds. The quantitative estimate of drug-likeness (QED) is 0.519. The molecule has 1 fully saturated rings. The van der Waals surface area contributed by atoms with Crippen LogP contribution in [0.15, 0.2) is 0 Å². The molecule has 13 heavy (non-hydrogen) atoms. The van der Waals surface area contributed by atoms with E-state index < -0.39 is 8.25 Å². The van der Waals surface area contributed by atoms with Crippen molar-refractivity contribution in [1.29, 1.82) is 0 Å². The minimum absolute atomic E-state index is 0.0734. The first-order chi connectivity index (χ1) is 6.13. The Kier molecular flexibility index (Phi) is 4.33. The van der Waals surface area contributed by atoms with Gasteiger partial charge in [-0.1, -0.05) is 18.7 Å². The summed E-state index contributed by atoms with van der Waals surface area (Å²) in [6.07, 6.45) is 1.53. The van der Waals surface area contributed by atoms with E-state index in [1.165, 1.54) is 0 Å². The van der Waals surface area contributed by atoms with Gasteiger partial charge >= 0.3 is 8.25 Å². The summed E-state index contributed by atoms with van der Waals surface area (Å²) in [7, 11) is 3.17. The second kappa shape index (κ2) is 5.06. The highest BCUT2D eigenvalue weighted by Crippen LogP contribution is 2.39. The minimum Gasteiger partial charge on any atom is -0.396 e. The molecule has 0 aromatic carbocycles. The molecular weight excluding hydrogens is 190 g/mol. The van der Waals surface area contributed by atoms with E-state index in [2.05, 4.69) is 4.52 Å². The van der Waals surface area contributed by atoms with Gasteiger partial charge in [-0.05, 0) is 11.8 Å². The van der Waals surface area contributed by atoms with Gasteiger partial charge in [-0.15, -0.1) is 9.42 Å². The lowest BCUT2D eigenvalue weighted by Crippen LogP contribution is -2.16. The molecule has 2 radical (unpaired) electrons. The van der Waals surface area contributed by atoms with Crippen molar-refractivity contribution in [3.8, 4) is 0 Å². The molecule has 0 heterocycles. The van der Waals surface area contributed by atoms with Crippen LogP contribution in [0.1, 0.15) is 12.8 Å². The molecular formula is C7H13BO4P+. The van der Waals surface area contributed by atoms with Crippen molar-refractivity contribution in [3.05, 3.63) is 0 Å². The zero-order chi connectivity index (χ0) is 9.84. The van der Waals surface area contributed by atoms with Crippen LogP contribution < -0.4 is 0 Å². The summed E-state index contributed by atoms with van der Waals surface area (Å²) in [5.41, 5.74) is 0. The molecule has 4 unspecified atom stereocenters. The van der Waals surface area contributed by atoms with Crippen LogP contribution in [0.4, 0.5) is 0 Å². The lowest BCUT2D eigenvalue weighted by molar-refractivity contribution is 0.148. The van der Waals surface area contributed by atoms with Crippen molar-refractivity contribution in [2.75, 3.05) is 13.2 Å². The Morgan fingerprint density at radius 3 is 2.62 bits per heavy atom. The van der Waals surface area contributed by atoms with E-state index in [0.29, 0.717) is 0 Å². The lowest BCUT2D eigenvalue weighted by Gasteiger charge is -2.12. The molecule has 0 bridgehead atoms. The number of aliphatic hydroxyl groups is 1. The van der Waals surface area contributed by atoms with Gasteiger partial charge in [0.15, 0.2) is 0 Å². The monoisotopic (exact) mass is 203 g/mol. The van der Waals surface area contributed by atoms with Gasteiger partial charge in [-0.3, -0.25) is 0 Å². The first kappa shape index (κ1) is 11.1. The summed E-state index contributed by atoms with van der Waals surface area (Å²) < 4.78 is 14.9. The minimum atomic E-state index is -2.53. The van der Waals surface area contributed by atoms with E-state index >= 15 is 0 Å². The van der Waals surface area contributed by atoms with E-state index in [-0.39, 0.29) is 30.9 Å². The van der Waals surface area contributed by atoms with Crippen LogP contribution in [0.2, 0.25) is 5.82 Å². The Hall–Kier alpha value is 0.0449. The Morgan fingerprint density at radius 1 is 1.46 bits per heavy atom. The molecule has 72 valence electrons. The molecule has 0 aromatic heterocycles. The molecule has 0 aliphatic heterocycles. The predicted molar refractivity (Wildman–Crippen MR) is 48.6 cm³/mol. The maximum atomic E-state index is 10.3. The van der Waals surface area contributed by atoms with Crippen LogP contribution in [0.3, 0.4) is 0 Å². The molecule has 0 spiro atoms. The van der Waals surface area contributed by atoms with Crippen molar-refractivity contribution in [2.24, 2.45) is 11.8 Å². The summed E-state index contributed by atoms with van der Waals surface area (Å²) in [6.45, 7) is 0.286. The highest BCUT2D eigenvalue weighted by atomic mass is 31.1. The van der Waals surface area contributed by atoms with Crippen molar-refractivity contribution in [3.63, 3.8) is 0 Å². The van der Waals surface area contributed by atoms with Gasteiger partial charge in [0.05, 0.1) is 7.85 Å². The second-order valence-electron chi connectivity index (χ2n) is 3.47. The largest absolute Gasteiger partial charge is 0.694 e. The highest BCUT2D eigenvalue weighted by molar-refractivity contribution is 7.32. The molecule has 1 saturated carbocycles. The van der Waals surface area contributed by atoms with Gasteiger partial charge in [0.1, 0.15) is 6.61 Å². The molecule has 0 saturated heterocycles. The highest BCUT2D eigenvalue weighted by Gasteiger charge is 2.33. The Balaban J connectivity index is 2.35. The number of aliphatic hydroxyl groups excluding tert-OH is 1. The third kappa shape index (κ3) is 3.35. The van der Waals surface area contributed by atoms with Gasteiger partial charge in [-0.25, -0.2) is 0 Å². The van der Waals surface area contributed by atoms with Gasteiger partial charge in [0.2, 0.25) is 0 Å². The first-order valence-electron chi connectivity index (χ1n) is 4.29. The fourth-order valence-corrected chi connectivity index (χ4v) is 2.17. The summed E-state index contributed by atoms with van der Waals surface area (Å²) in [4.78, 5) is 8.43. The molecule has 4 nitrogen and oxygen atoms in total. The topological polar surface area (TPSA) is 66.8 Å². The summed E-state index contributed by atoms with van der Waals surface area (Å²) in [5, 5.41) is 8.97. The Morgan fingerprint density at radius 2 is 2.08 bits per heavy atom. The van der Waals surface area contributed by atoms with Crippen molar-refractivity contribution in [1.82, 2.24) is 0 Å². The summed E-state index contributed by atoms with van der Waals surface area (Å²) in [5.74, 6) is 0.318. The lowest BCUT2D eigenvalue weighted by atomic mass is 9.85. The third-order valence-electron chi connectivity index (χ3n) is 2.51. The van der Waals surface area contributed by atoms with E-state index in [1.54, 1.807) is 0 Å². The Labute approximate surface area is 79.7 Å². The van der Waals surface area contributed by atoms with Crippen molar-refractivity contribution < 1.29 is 19.1 Å². The second-order valence-corrected chi connectivity index (χ2v) is 4.20. The Bertz CT molecular complexity index is 189. The van der Waals surface area contributed by atoms with Crippen molar-refractivity contribution >= 4 is 16.1 Å². The zero-order valence-corrected chi connectivity index (χ0v) is 8.19. The molecule has 1 aliphatic carbocycles. The molecule has 1 rings (SSSR count). The SMILES string of the molecule is [B]C1CC(CO)C(CO[P+](=O)O)C1. The predicted octanol–water partition coefficient (Wildman–Crippen LogP) is 0.628. The normalized spacial score (nSPS) is 34.9. The van der Waals surface area contributed by atoms with Crippen LogP contribution >= 0.6 is 8.25 Å². The average Bonchev–Trinajstić information content (AvgIpc) is 2.42.